The smallest absolute Gasteiger partial charge is 0.287 e. The van der Waals surface area contributed by atoms with Crippen molar-refractivity contribution < 1.29 is 13.4 Å². The van der Waals surface area contributed by atoms with E-state index in [4.69, 9.17) is 16.0 Å². The van der Waals surface area contributed by atoms with E-state index in [1.54, 1.807) is 36.4 Å². The van der Waals surface area contributed by atoms with Gasteiger partial charge in [-0.15, -0.1) is 0 Å². The van der Waals surface area contributed by atoms with Crippen molar-refractivity contribution in [3.8, 4) is 0 Å². The van der Waals surface area contributed by atoms with E-state index in [0.717, 1.165) is 32.0 Å². The molecule has 4 rings (SSSR count). The van der Waals surface area contributed by atoms with Gasteiger partial charge in [0.15, 0.2) is 5.76 Å². The lowest BCUT2D eigenvalue weighted by Crippen LogP contribution is -2.39. The fourth-order valence-corrected chi connectivity index (χ4v) is 5.67. The summed E-state index contributed by atoms with van der Waals surface area (Å²) in [7, 11) is -1.33. The minimum atomic E-state index is -1.33. The summed E-state index contributed by atoms with van der Waals surface area (Å²) in [6.45, 7) is 3.52. The first-order valence-corrected chi connectivity index (χ1v) is 13.0. The van der Waals surface area contributed by atoms with Gasteiger partial charge in [0.05, 0.1) is 26.5 Å². The largest absolute Gasteiger partial charge is 0.455 e. The standard InChI is InChI=1S/C26H29ClN2O3S/c27-23-8-4-5-9-25(23)33(31)19-22-10-11-24(32-22)26(30)28-14-17-29-15-12-21(13-16-29)18-20-6-2-1-3-7-20/h1-11,21H,12-19H2,(H,28,30)/t33-/m1/s1. The number of hydrogen-bond donors (Lipinski definition) is 1. The number of carbonyl (C=O) groups excluding carboxylic acids is 1. The highest BCUT2D eigenvalue weighted by Gasteiger charge is 2.20. The Morgan fingerprint density at radius 1 is 1.03 bits per heavy atom. The number of benzene rings is 2. The fraction of sp³-hybridized carbons (Fsp3) is 0.346. The SMILES string of the molecule is O=C(NCCN1CCC(Cc2ccccc2)CC1)c1ccc(C[S@@](=O)c2ccccc2Cl)o1. The van der Waals surface area contributed by atoms with Gasteiger partial charge in [-0.2, -0.15) is 0 Å². The van der Waals surface area contributed by atoms with Crippen LogP contribution in [-0.2, 0) is 23.0 Å². The molecule has 33 heavy (non-hydrogen) atoms. The molecule has 1 aliphatic rings. The van der Waals surface area contributed by atoms with Gasteiger partial charge in [0.1, 0.15) is 5.76 Å². The van der Waals surface area contributed by atoms with Crippen molar-refractivity contribution in [2.45, 2.75) is 29.9 Å². The zero-order valence-electron chi connectivity index (χ0n) is 18.5. The normalized spacial score (nSPS) is 15.9. The number of rotatable bonds is 9. The summed E-state index contributed by atoms with van der Waals surface area (Å²) in [5, 5.41) is 3.40. The van der Waals surface area contributed by atoms with E-state index in [1.165, 1.54) is 18.4 Å². The third-order valence-corrected chi connectivity index (χ3v) is 7.86. The Kier molecular flexibility index (Phi) is 8.37. The predicted octanol–water partition coefficient (Wildman–Crippen LogP) is 4.93. The molecule has 0 unspecified atom stereocenters. The maximum Gasteiger partial charge on any atom is 0.287 e. The molecule has 1 N–H and O–H groups in total. The molecule has 1 atom stereocenters. The van der Waals surface area contributed by atoms with Crippen molar-refractivity contribution in [2.24, 2.45) is 5.92 Å². The molecular formula is C26H29ClN2O3S. The van der Waals surface area contributed by atoms with Gasteiger partial charge in [0, 0.05) is 13.1 Å². The molecule has 1 fully saturated rings. The second-order valence-corrected chi connectivity index (χ2v) is 10.2. The van der Waals surface area contributed by atoms with Crippen molar-refractivity contribution in [3.05, 3.63) is 88.8 Å². The molecule has 1 amide bonds. The molecule has 0 spiro atoms. The summed E-state index contributed by atoms with van der Waals surface area (Å²) in [5.41, 5.74) is 1.41. The van der Waals surface area contributed by atoms with Crippen molar-refractivity contribution in [1.82, 2.24) is 10.2 Å². The maximum absolute atomic E-state index is 12.5. The van der Waals surface area contributed by atoms with E-state index >= 15 is 0 Å². The van der Waals surface area contributed by atoms with Crippen LogP contribution in [0.4, 0.5) is 0 Å². The lowest BCUT2D eigenvalue weighted by molar-refractivity contribution is 0.0915. The Morgan fingerprint density at radius 3 is 2.52 bits per heavy atom. The third kappa shape index (κ3) is 6.79. The molecule has 1 aliphatic heterocycles. The van der Waals surface area contributed by atoms with Crippen LogP contribution in [0.3, 0.4) is 0 Å². The number of hydrogen-bond acceptors (Lipinski definition) is 4. The molecule has 7 heteroatoms. The van der Waals surface area contributed by atoms with Gasteiger partial charge >= 0.3 is 0 Å². The van der Waals surface area contributed by atoms with E-state index in [2.05, 4.69) is 40.5 Å². The summed E-state index contributed by atoms with van der Waals surface area (Å²) >= 11 is 6.11. The van der Waals surface area contributed by atoms with Crippen LogP contribution < -0.4 is 5.32 Å². The van der Waals surface area contributed by atoms with Gasteiger partial charge in [0.2, 0.25) is 0 Å². The number of likely N-dealkylation sites (tertiary alicyclic amines) is 1. The zero-order chi connectivity index (χ0) is 23.0. The third-order valence-electron chi connectivity index (χ3n) is 6.03. The quantitative estimate of drug-likeness (QED) is 0.468. The van der Waals surface area contributed by atoms with Crippen LogP contribution in [0.15, 0.2) is 76.0 Å². The molecule has 3 aromatic rings. The van der Waals surface area contributed by atoms with Gasteiger partial charge in [-0.1, -0.05) is 54.1 Å². The first-order valence-electron chi connectivity index (χ1n) is 11.3. The Balaban J connectivity index is 1.18. The zero-order valence-corrected chi connectivity index (χ0v) is 20.1. The van der Waals surface area contributed by atoms with Gasteiger partial charge < -0.3 is 14.6 Å². The van der Waals surface area contributed by atoms with E-state index in [-0.39, 0.29) is 17.4 Å². The number of piperidine rings is 1. The second kappa shape index (κ2) is 11.6. The van der Waals surface area contributed by atoms with Crippen LogP contribution in [0.25, 0.3) is 0 Å². The summed E-state index contributed by atoms with van der Waals surface area (Å²) < 4.78 is 18.2. The molecule has 1 saturated heterocycles. The number of furan rings is 1. The topological polar surface area (TPSA) is 62.6 Å². The van der Waals surface area contributed by atoms with E-state index < -0.39 is 10.8 Å². The average molecular weight is 485 g/mol. The van der Waals surface area contributed by atoms with Crippen molar-refractivity contribution in [3.63, 3.8) is 0 Å². The van der Waals surface area contributed by atoms with Crippen LogP contribution in [0, 0.1) is 5.92 Å². The molecule has 2 aromatic carbocycles. The van der Waals surface area contributed by atoms with E-state index in [0.29, 0.717) is 22.2 Å². The fourth-order valence-electron chi connectivity index (χ4n) is 4.19. The second-order valence-electron chi connectivity index (χ2n) is 8.42. The van der Waals surface area contributed by atoms with E-state index in [9.17, 15) is 9.00 Å². The first kappa shape index (κ1) is 23.7. The lowest BCUT2D eigenvalue weighted by atomic mass is 9.90. The highest BCUT2D eigenvalue weighted by molar-refractivity contribution is 7.84. The van der Waals surface area contributed by atoms with Crippen LogP contribution in [0.2, 0.25) is 5.02 Å². The lowest BCUT2D eigenvalue weighted by Gasteiger charge is -2.32. The highest BCUT2D eigenvalue weighted by Crippen LogP contribution is 2.23. The maximum atomic E-state index is 12.5. The molecule has 1 aromatic heterocycles. The van der Waals surface area contributed by atoms with Crippen molar-refractivity contribution in [2.75, 3.05) is 26.2 Å². The Morgan fingerprint density at radius 2 is 1.76 bits per heavy atom. The highest BCUT2D eigenvalue weighted by atomic mass is 35.5. The van der Waals surface area contributed by atoms with Gasteiger partial charge in [-0.05, 0) is 68.1 Å². The Labute approximate surface area is 202 Å². The van der Waals surface area contributed by atoms with E-state index in [1.807, 2.05) is 0 Å². The monoisotopic (exact) mass is 484 g/mol. The minimum absolute atomic E-state index is 0.176. The van der Waals surface area contributed by atoms with Crippen LogP contribution in [0.1, 0.15) is 34.7 Å². The van der Waals surface area contributed by atoms with Gasteiger partial charge in [-0.25, -0.2) is 0 Å². The minimum Gasteiger partial charge on any atom is -0.455 e. The number of nitrogens with zero attached hydrogens (tertiary/aromatic N) is 1. The molecule has 0 bridgehead atoms. The first-order chi connectivity index (χ1) is 16.1. The molecule has 5 nitrogen and oxygen atoms in total. The number of nitrogens with one attached hydrogen (secondary N) is 1. The Hall–Kier alpha value is -2.41. The number of amides is 1. The number of halogens is 1. The molecule has 0 radical (unpaired) electrons. The van der Waals surface area contributed by atoms with Crippen LogP contribution in [0.5, 0.6) is 0 Å². The van der Waals surface area contributed by atoms with Crippen LogP contribution >= 0.6 is 11.6 Å². The molecule has 0 aliphatic carbocycles. The van der Waals surface area contributed by atoms with Gasteiger partial charge in [-0.3, -0.25) is 9.00 Å². The van der Waals surface area contributed by atoms with Crippen molar-refractivity contribution >= 4 is 28.3 Å². The van der Waals surface area contributed by atoms with Crippen molar-refractivity contribution in [1.29, 1.82) is 0 Å². The average Bonchev–Trinajstić information content (AvgIpc) is 3.30. The summed E-state index contributed by atoms with van der Waals surface area (Å²) in [6.07, 6.45) is 3.52. The molecular weight excluding hydrogens is 456 g/mol. The predicted molar refractivity (Wildman–Crippen MR) is 132 cm³/mol. The van der Waals surface area contributed by atoms with Gasteiger partial charge in [0.25, 0.3) is 5.91 Å². The summed E-state index contributed by atoms with van der Waals surface area (Å²) in [6, 6.07) is 21.0. The summed E-state index contributed by atoms with van der Waals surface area (Å²) in [4.78, 5) is 15.4. The molecule has 2 heterocycles. The molecule has 174 valence electrons. The number of carbonyl (C=O) groups is 1. The van der Waals surface area contributed by atoms with Crippen LogP contribution in [-0.4, -0.2) is 41.2 Å². The Bertz CT molecular complexity index is 1080. The summed E-state index contributed by atoms with van der Waals surface area (Å²) in [5.74, 6) is 1.40. The molecule has 0 saturated carbocycles.